The number of benzene rings is 1. The van der Waals surface area contributed by atoms with Crippen LogP contribution in [0.4, 0.5) is 0 Å². The molecular weight excluding hydrogens is 410 g/mol. The maximum atomic E-state index is 13.4. The molecule has 1 aromatic carbocycles. The van der Waals surface area contributed by atoms with Crippen molar-refractivity contribution in [3.63, 3.8) is 0 Å². The van der Waals surface area contributed by atoms with Crippen LogP contribution >= 0.6 is 27.3 Å². The van der Waals surface area contributed by atoms with Crippen molar-refractivity contribution in [1.82, 2.24) is 14.5 Å². The number of hydrogen-bond donors (Lipinski definition) is 0. The Morgan fingerprint density at radius 3 is 2.65 bits per heavy atom. The third-order valence-electron chi connectivity index (χ3n) is 4.87. The third kappa shape index (κ3) is 3.38. The van der Waals surface area contributed by atoms with Gasteiger partial charge in [0.15, 0.2) is 0 Å². The molecule has 0 unspecified atom stereocenters. The van der Waals surface area contributed by atoms with Crippen LogP contribution in [0.5, 0.6) is 0 Å². The summed E-state index contributed by atoms with van der Waals surface area (Å²) in [6, 6.07) is 8.15. The van der Waals surface area contributed by atoms with Crippen molar-refractivity contribution in [1.29, 1.82) is 0 Å². The molecule has 1 aliphatic rings. The van der Waals surface area contributed by atoms with Crippen LogP contribution in [0.3, 0.4) is 0 Å². The van der Waals surface area contributed by atoms with E-state index in [0.717, 1.165) is 38.9 Å². The quantitative estimate of drug-likeness (QED) is 0.620. The highest BCUT2D eigenvalue weighted by atomic mass is 79.9. The first-order chi connectivity index (χ1) is 12.5. The number of aryl methyl sites for hydroxylation is 2. The molecule has 0 radical (unpaired) electrons. The summed E-state index contributed by atoms with van der Waals surface area (Å²) in [7, 11) is 4.03. The van der Waals surface area contributed by atoms with Crippen molar-refractivity contribution < 1.29 is 0 Å². The lowest BCUT2D eigenvalue weighted by molar-refractivity contribution is 0.379. The van der Waals surface area contributed by atoms with Crippen molar-refractivity contribution in [2.75, 3.05) is 14.1 Å². The van der Waals surface area contributed by atoms with Crippen LogP contribution in [0.25, 0.3) is 10.2 Å². The van der Waals surface area contributed by atoms with Crippen molar-refractivity contribution in [3.05, 3.63) is 60.9 Å². The summed E-state index contributed by atoms with van der Waals surface area (Å²) < 4.78 is 2.91. The fourth-order valence-electron chi connectivity index (χ4n) is 3.62. The van der Waals surface area contributed by atoms with E-state index in [1.165, 1.54) is 23.3 Å². The van der Waals surface area contributed by atoms with Crippen molar-refractivity contribution in [3.8, 4) is 0 Å². The molecule has 2 aromatic heterocycles. The molecule has 4 nitrogen and oxygen atoms in total. The van der Waals surface area contributed by atoms with Gasteiger partial charge in [-0.2, -0.15) is 0 Å². The summed E-state index contributed by atoms with van der Waals surface area (Å²) in [6.07, 6.45) is 4.49. The highest BCUT2D eigenvalue weighted by Crippen LogP contribution is 2.34. The second-order valence-corrected chi connectivity index (χ2v) is 9.17. The molecule has 0 saturated carbocycles. The standard InChI is InChI=1S/C20H22BrN3OS/c1-23(2)12-17-22-19-18(15-5-3-4-6-16(15)26-19)20(25)24(17)11-13-7-9-14(21)10-8-13/h7-10H,3-6,11-12H2,1-2H3. The molecule has 0 spiro atoms. The summed E-state index contributed by atoms with van der Waals surface area (Å²) >= 11 is 5.20. The fraction of sp³-hybridized carbons (Fsp3) is 0.400. The monoisotopic (exact) mass is 431 g/mol. The molecule has 0 N–H and O–H groups in total. The summed E-state index contributed by atoms with van der Waals surface area (Å²) in [4.78, 5) is 22.7. The molecule has 0 atom stereocenters. The van der Waals surface area contributed by atoms with Gasteiger partial charge in [0, 0.05) is 9.35 Å². The van der Waals surface area contributed by atoms with Crippen LogP contribution in [0, 0.1) is 0 Å². The molecule has 26 heavy (non-hydrogen) atoms. The van der Waals surface area contributed by atoms with Gasteiger partial charge in [0.1, 0.15) is 10.7 Å². The minimum atomic E-state index is 0.120. The number of halogens is 1. The van der Waals surface area contributed by atoms with E-state index in [1.54, 1.807) is 11.3 Å². The predicted octanol–water partition coefficient (Wildman–Crippen LogP) is 4.21. The van der Waals surface area contributed by atoms with Gasteiger partial charge in [0.05, 0.1) is 18.5 Å². The number of thiophene rings is 1. The van der Waals surface area contributed by atoms with Crippen LogP contribution < -0.4 is 5.56 Å². The molecule has 0 saturated heterocycles. The zero-order valence-corrected chi connectivity index (χ0v) is 17.5. The van der Waals surface area contributed by atoms with Gasteiger partial charge in [-0.25, -0.2) is 4.98 Å². The lowest BCUT2D eigenvalue weighted by atomic mass is 9.97. The van der Waals surface area contributed by atoms with Gasteiger partial charge in [-0.1, -0.05) is 28.1 Å². The Bertz CT molecular complexity index is 1000. The Morgan fingerprint density at radius 1 is 1.19 bits per heavy atom. The summed E-state index contributed by atoms with van der Waals surface area (Å²) in [5.74, 6) is 0.842. The van der Waals surface area contributed by atoms with Gasteiger partial charge >= 0.3 is 0 Å². The van der Waals surface area contributed by atoms with Gasteiger partial charge in [0.25, 0.3) is 5.56 Å². The number of fused-ring (bicyclic) bond motifs is 3. The lowest BCUT2D eigenvalue weighted by Crippen LogP contribution is -2.29. The molecule has 6 heteroatoms. The van der Waals surface area contributed by atoms with Crippen LogP contribution in [0.1, 0.15) is 34.7 Å². The predicted molar refractivity (Wildman–Crippen MR) is 111 cm³/mol. The minimum absolute atomic E-state index is 0.120. The highest BCUT2D eigenvalue weighted by Gasteiger charge is 2.22. The van der Waals surface area contributed by atoms with Gasteiger partial charge in [0.2, 0.25) is 0 Å². The van der Waals surface area contributed by atoms with Gasteiger partial charge in [-0.3, -0.25) is 9.36 Å². The van der Waals surface area contributed by atoms with E-state index in [2.05, 4.69) is 33.0 Å². The van der Waals surface area contributed by atoms with Crippen molar-refractivity contribution in [2.24, 2.45) is 0 Å². The van der Waals surface area contributed by atoms with Crippen molar-refractivity contribution >= 4 is 37.5 Å². The highest BCUT2D eigenvalue weighted by molar-refractivity contribution is 9.10. The van der Waals surface area contributed by atoms with E-state index >= 15 is 0 Å². The molecule has 2 heterocycles. The second kappa shape index (κ2) is 7.25. The number of rotatable bonds is 4. The van der Waals surface area contributed by atoms with E-state index < -0.39 is 0 Å². The molecular formula is C20H22BrN3OS. The second-order valence-electron chi connectivity index (χ2n) is 7.17. The van der Waals surface area contributed by atoms with E-state index in [9.17, 15) is 4.79 Å². The molecule has 0 aliphatic heterocycles. The third-order valence-corrected chi connectivity index (χ3v) is 6.58. The molecule has 136 valence electrons. The van der Waals surface area contributed by atoms with Gasteiger partial charge < -0.3 is 4.90 Å². The Hall–Kier alpha value is -1.50. The zero-order chi connectivity index (χ0) is 18.3. The normalized spacial score (nSPS) is 14.2. The summed E-state index contributed by atoms with van der Waals surface area (Å²) in [6.45, 7) is 1.22. The van der Waals surface area contributed by atoms with Gasteiger partial charge in [-0.05, 0) is 63.0 Å². The number of nitrogens with zero attached hydrogens (tertiary/aromatic N) is 3. The molecule has 0 fully saturated rings. The Labute approximate surface area is 165 Å². The van der Waals surface area contributed by atoms with E-state index in [-0.39, 0.29) is 5.56 Å². The lowest BCUT2D eigenvalue weighted by Gasteiger charge is -2.16. The smallest absolute Gasteiger partial charge is 0.262 e. The maximum absolute atomic E-state index is 13.4. The number of hydrogen-bond acceptors (Lipinski definition) is 4. The first-order valence-electron chi connectivity index (χ1n) is 8.96. The average molecular weight is 432 g/mol. The zero-order valence-electron chi connectivity index (χ0n) is 15.1. The van der Waals surface area contributed by atoms with E-state index in [1.807, 2.05) is 30.8 Å². The van der Waals surface area contributed by atoms with Crippen LogP contribution in [-0.2, 0) is 25.9 Å². The van der Waals surface area contributed by atoms with E-state index in [4.69, 9.17) is 4.98 Å². The Balaban J connectivity index is 1.88. The topological polar surface area (TPSA) is 38.1 Å². The van der Waals surface area contributed by atoms with E-state index in [0.29, 0.717) is 13.1 Å². The molecule has 0 amide bonds. The molecule has 1 aliphatic carbocycles. The van der Waals surface area contributed by atoms with Crippen molar-refractivity contribution in [2.45, 2.75) is 38.8 Å². The Kier molecular flexibility index (Phi) is 4.99. The summed E-state index contributed by atoms with van der Waals surface area (Å²) in [5.41, 5.74) is 2.49. The van der Waals surface area contributed by atoms with Crippen LogP contribution in [0.2, 0.25) is 0 Å². The largest absolute Gasteiger partial charge is 0.302 e. The van der Waals surface area contributed by atoms with Gasteiger partial charge in [-0.15, -0.1) is 11.3 Å². The average Bonchev–Trinajstić information content (AvgIpc) is 2.98. The SMILES string of the molecule is CN(C)Cc1nc2sc3c(c2c(=O)n1Cc1ccc(Br)cc1)CCCC3. The molecule has 4 rings (SSSR count). The first kappa shape index (κ1) is 17.9. The number of aromatic nitrogens is 2. The Morgan fingerprint density at radius 2 is 1.92 bits per heavy atom. The first-order valence-corrected chi connectivity index (χ1v) is 10.6. The minimum Gasteiger partial charge on any atom is -0.302 e. The maximum Gasteiger partial charge on any atom is 0.262 e. The summed E-state index contributed by atoms with van der Waals surface area (Å²) in [5, 5.41) is 0.865. The van der Waals surface area contributed by atoms with Crippen LogP contribution in [-0.4, -0.2) is 28.5 Å². The fourth-order valence-corrected chi connectivity index (χ4v) is 5.15. The molecule has 3 aromatic rings. The van der Waals surface area contributed by atoms with Crippen LogP contribution in [0.15, 0.2) is 33.5 Å². The molecule has 0 bridgehead atoms.